The molecule has 1 atom stereocenters. The van der Waals surface area contributed by atoms with Crippen LogP contribution in [0.1, 0.15) is 12.5 Å². The molecule has 3 aromatic rings. The maximum atomic E-state index is 13.6. The minimum atomic E-state index is -4.21. The third-order valence-electron chi connectivity index (χ3n) is 5.48. The molecule has 0 unspecified atom stereocenters. The van der Waals surface area contributed by atoms with Crippen LogP contribution in [0.4, 0.5) is 10.1 Å². The fourth-order valence-corrected chi connectivity index (χ4v) is 5.24. The molecule has 7 nitrogen and oxygen atoms in total. The van der Waals surface area contributed by atoms with E-state index in [0.29, 0.717) is 10.6 Å². The Morgan fingerprint density at radius 1 is 0.972 bits per heavy atom. The highest BCUT2D eigenvalue weighted by Gasteiger charge is 2.32. The lowest BCUT2D eigenvalue weighted by Gasteiger charge is -2.31. The second-order valence-electron chi connectivity index (χ2n) is 7.86. The van der Waals surface area contributed by atoms with Gasteiger partial charge in [-0.05, 0) is 61.0 Å². The van der Waals surface area contributed by atoms with Crippen molar-refractivity contribution < 1.29 is 22.4 Å². The van der Waals surface area contributed by atoms with Crippen molar-refractivity contribution in [3.63, 3.8) is 0 Å². The van der Waals surface area contributed by atoms with Gasteiger partial charge in [-0.1, -0.05) is 47.5 Å². The standard InChI is InChI=1S/C25H24Cl2FN3O4S/c1-17(25(33)29-2)30(15-18-8-13-22(26)23(27)14-18)24(32)16-31(20-11-9-19(28)10-12-20)36(34,35)21-6-4-3-5-7-21/h3-14,17H,15-16H2,1-2H3,(H,29,33)/t17-/m1/s1. The van der Waals surface area contributed by atoms with Crippen LogP contribution in [0.15, 0.2) is 77.7 Å². The van der Waals surface area contributed by atoms with Crippen molar-refractivity contribution in [1.82, 2.24) is 10.2 Å². The van der Waals surface area contributed by atoms with E-state index in [2.05, 4.69) is 5.32 Å². The molecule has 0 aliphatic carbocycles. The fraction of sp³-hybridized carbons (Fsp3) is 0.200. The first-order valence-electron chi connectivity index (χ1n) is 10.8. The van der Waals surface area contributed by atoms with Crippen LogP contribution in [0.5, 0.6) is 0 Å². The highest BCUT2D eigenvalue weighted by molar-refractivity contribution is 7.92. The van der Waals surface area contributed by atoms with Gasteiger partial charge in [-0.15, -0.1) is 0 Å². The number of likely N-dealkylation sites (N-methyl/N-ethyl adjacent to an activating group) is 1. The molecule has 0 aliphatic heterocycles. The molecule has 0 fully saturated rings. The molecule has 0 heterocycles. The van der Waals surface area contributed by atoms with Gasteiger partial charge in [0.1, 0.15) is 18.4 Å². The maximum absolute atomic E-state index is 13.6. The number of halogens is 3. The highest BCUT2D eigenvalue weighted by Crippen LogP contribution is 2.26. The molecule has 0 spiro atoms. The number of amides is 2. The SMILES string of the molecule is CNC(=O)[C@@H](C)N(Cc1ccc(Cl)c(Cl)c1)C(=O)CN(c1ccc(F)cc1)S(=O)(=O)c1ccccc1. The van der Waals surface area contributed by atoms with E-state index in [4.69, 9.17) is 23.2 Å². The Bertz CT molecular complexity index is 1340. The van der Waals surface area contributed by atoms with Crippen molar-refractivity contribution in [3.8, 4) is 0 Å². The van der Waals surface area contributed by atoms with Crippen molar-refractivity contribution in [1.29, 1.82) is 0 Å². The van der Waals surface area contributed by atoms with Gasteiger partial charge in [-0.3, -0.25) is 13.9 Å². The number of benzene rings is 3. The second kappa shape index (κ2) is 11.7. The zero-order valence-corrected chi connectivity index (χ0v) is 21.8. The van der Waals surface area contributed by atoms with E-state index in [-0.39, 0.29) is 22.2 Å². The van der Waals surface area contributed by atoms with Gasteiger partial charge in [0.25, 0.3) is 10.0 Å². The van der Waals surface area contributed by atoms with Gasteiger partial charge < -0.3 is 10.2 Å². The monoisotopic (exact) mass is 551 g/mol. The van der Waals surface area contributed by atoms with Crippen LogP contribution in [0, 0.1) is 5.82 Å². The number of hydrogen-bond acceptors (Lipinski definition) is 4. The fourth-order valence-electron chi connectivity index (χ4n) is 3.48. The van der Waals surface area contributed by atoms with E-state index in [9.17, 15) is 22.4 Å². The van der Waals surface area contributed by atoms with Crippen LogP contribution in [-0.4, -0.2) is 44.8 Å². The number of carbonyl (C=O) groups excluding carboxylic acids is 2. The average molecular weight is 552 g/mol. The summed E-state index contributed by atoms with van der Waals surface area (Å²) in [7, 11) is -2.77. The van der Waals surface area contributed by atoms with Crippen molar-refractivity contribution >= 4 is 50.7 Å². The first-order valence-corrected chi connectivity index (χ1v) is 13.0. The summed E-state index contributed by atoms with van der Waals surface area (Å²) in [4.78, 5) is 27.3. The molecule has 0 radical (unpaired) electrons. The summed E-state index contributed by atoms with van der Waals surface area (Å²) in [6.45, 7) is 0.862. The van der Waals surface area contributed by atoms with Crippen molar-refractivity contribution in [3.05, 3.63) is 94.2 Å². The molecule has 36 heavy (non-hydrogen) atoms. The Kier molecular flexibility index (Phi) is 8.94. The molecule has 0 aliphatic rings. The first-order chi connectivity index (χ1) is 17.0. The van der Waals surface area contributed by atoms with E-state index in [1.54, 1.807) is 36.4 Å². The van der Waals surface area contributed by atoms with Crippen LogP contribution in [0.25, 0.3) is 0 Å². The highest BCUT2D eigenvalue weighted by atomic mass is 35.5. The van der Waals surface area contributed by atoms with Crippen LogP contribution in [0.3, 0.4) is 0 Å². The third-order valence-corrected chi connectivity index (χ3v) is 8.00. The van der Waals surface area contributed by atoms with Crippen LogP contribution in [0.2, 0.25) is 10.0 Å². The molecular weight excluding hydrogens is 528 g/mol. The van der Waals surface area contributed by atoms with E-state index >= 15 is 0 Å². The van der Waals surface area contributed by atoms with Gasteiger partial charge in [0.2, 0.25) is 11.8 Å². The molecule has 190 valence electrons. The Hall–Kier alpha value is -3.14. The van der Waals surface area contributed by atoms with Gasteiger partial charge in [-0.2, -0.15) is 0 Å². The lowest BCUT2D eigenvalue weighted by Crippen LogP contribution is -2.50. The molecule has 0 saturated carbocycles. The quantitative estimate of drug-likeness (QED) is 0.424. The van der Waals surface area contributed by atoms with E-state index in [0.717, 1.165) is 16.4 Å². The number of nitrogens with zero attached hydrogens (tertiary/aromatic N) is 2. The summed E-state index contributed by atoms with van der Waals surface area (Å²) in [6.07, 6.45) is 0. The van der Waals surface area contributed by atoms with Gasteiger partial charge in [-0.25, -0.2) is 12.8 Å². The molecule has 3 aromatic carbocycles. The summed E-state index contributed by atoms with van der Waals surface area (Å²) < 4.78 is 41.5. The lowest BCUT2D eigenvalue weighted by molar-refractivity contribution is -0.139. The topological polar surface area (TPSA) is 86.8 Å². The van der Waals surface area contributed by atoms with Crippen molar-refractivity contribution in [2.24, 2.45) is 0 Å². The predicted octanol–water partition coefficient (Wildman–Crippen LogP) is 4.49. The third kappa shape index (κ3) is 6.34. The first kappa shape index (κ1) is 27.4. The van der Waals surface area contributed by atoms with Crippen molar-refractivity contribution in [2.45, 2.75) is 24.4 Å². The Labute approximate surface area is 219 Å². The summed E-state index contributed by atoms with van der Waals surface area (Å²) >= 11 is 12.1. The van der Waals surface area contributed by atoms with Crippen LogP contribution >= 0.6 is 23.2 Å². The molecule has 0 bridgehead atoms. The van der Waals surface area contributed by atoms with Crippen LogP contribution < -0.4 is 9.62 Å². The van der Waals surface area contributed by atoms with Gasteiger partial charge in [0.05, 0.1) is 20.6 Å². The summed E-state index contributed by atoms with van der Waals surface area (Å²) in [5.74, 6) is -1.65. The lowest BCUT2D eigenvalue weighted by atomic mass is 10.1. The number of sulfonamides is 1. The number of carbonyl (C=O) groups is 2. The molecule has 3 rings (SSSR count). The molecule has 1 N–H and O–H groups in total. The molecule has 11 heteroatoms. The number of rotatable bonds is 9. The van der Waals surface area contributed by atoms with E-state index in [1.165, 1.54) is 43.1 Å². The summed E-state index contributed by atoms with van der Waals surface area (Å²) in [5.41, 5.74) is 0.684. The second-order valence-corrected chi connectivity index (χ2v) is 10.5. The van der Waals surface area contributed by atoms with Crippen molar-refractivity contribution in [2.75, 3.05) is 17.9 Å². The largest absolute Gasteiger partial charge is 0.357 e. The number of nitrogens with one attached hydrogen (secondary N) is 1. The van der Waals surface area contributed by atoms with E-state index < -0.39 is 40.2 Å². The molecular formula is C25H24Cl2FN3O4S. The Balaban J connectivity index is 2.02. The summed E-state index contributed by atoms with van der Waals surface area (Å²) in [5, 5.41) is 3.10. The minimum absolute atomic E-state index is 0.0348. The Morgan fingerprint density at radius 3 is 2.19 bits per heavy atom. The van der Waals surface area contributed by atoms with Gasteiger partial charge in [0, 0.05) is 13.6 Å². The number of hydrogen-bond donors (Lipinski definition) is 1. The maximum Gasteiger partial charge on any atom is 0.264 e. The zero-order chi connectivity index (χ0) is 26.5. The van der Waals surface area contributed by atoms with Gasteiger partial charge >= 0.3 is 0 Å². The minimum Gasteiger partial charge on any atom is -0.357 e. The number of anilines is 1. The smallest absolute Gasteiger partial charge is 0.264 e. The Morgan fingerprint density at radius 2 is 1.61 bits per heavy atom. The zero-order valence-electron chi connectivity index (χ0n) is 19.5. The normalized spacial score (nSPS) is 12.0. The summed E-state index contributed by atoms with van der Waals surface area (Å²) in [6, 6.07) is 16.2. The average Bonchev–Trinajstić information content (AvgIpc) is 2.88. The van der Waals surface area contributed by atoms with Crippen LogP contribution in [-0.2, 0) is 26.2 Å². The predicted molar refractivity (Wildman–Crippen MR) is 138 cm³/mol. The molecule has 0 saturated heterocycles. The molecule has 2 amide bonds. The van der Waals surface area contributed by atoms with Gasteiger partial charge in [0.15, 0.2) is 0 Å². The molecule has 0 aromatic heterocycles. The van der Waals surface area contributed by atoms with E-state index in [1.807, 2.05) is 0 Å².